The van der Waals surface area contributed by atoms with Crippen LogP contribution in [0.5, 0.6) is 0 Å². The van der Waals surface area contributed by atoms with Crippen LogP contribution >= 0.6 is 0 Å². The van der Waals surface area contributed by atoms with E-state index in [0.29, 0.717) is 12.0 Å². The fourth-order valence-electron chi connectivity index (χ4n) is 3.42. The largest absolute Gasteiger partial charge is 0.465 e. The number of nitrogens with zero attached hydrogens (tertiary/aromatic N) is 1. The van der Waals surface area contributed by atoms with Crippen LogP contribution in [0.2, 0.25) is 0 Å². The van der Waals surface area contributed by atoms with Gasteiger partial charge in [-0.15, -0.1) is 0 Å². The molecule has 136 valence electrons. The van der Waals surface area contributed by atoms with Crippen molar-refractivity contribution in [3.8, 4) is 0 Å². The standard InChI is InChI=1S/C21H19N3O3/c1-12(20(22)25)23-21(26)18-15-6-2-3-7-17(15)24-19-13(8-9-16(18)19)11-14-5-4-10-27-14/h2-7,10-12H,8-9H2,1H3,(H2,22,25)(H,23,26). The van der Waals surface area contributed by atoms with Crippen molar-refractivity contribution < 1.29 is 14.0 Å². The Morgan fingerprint density at radius 2 is 2.04 bits per heavy atom. The van der Waals surface area contributed by atoms with Crippen LogP contribution in [0, 0.1) is 0 Å². The van der Waals surface area contributed by atoms with E-state index in [1.54, 1.807) is 13.2 Å². The molecule has 3 aromatic rings. The summed E-state index contributed by atoms with van der Waals surface area (Å²) in [6.45, 7) is 1.58. The number of para-hydroxylation sites is 1. The van der Waals surface area contributed by atoms with Gasteiger partial charge in [-0.2, -0.15) is 0 Å². The van der Waals surface area contributed by atoms with E-state index in [1.165, 1.54) is 0 Å². The molecular formula is C21H19N3O3. The molecule has 6 heteroatoms. The van der Waals surface area contributed by atoms with Gasteiger partial charge in [0, 0.05) is 5.39 Å². The second kappa shape index (κ2) is 6.72. The van der Waals surface area contributed by atoms with Gasteiger partial charge in [-0.3, -0.25) is 9.59 Å². The molecule has 1 unspecified atom stereocenters. The lowest BCUT2D eigenvalue weighted by molar-refractivity contribution is -0.119. The summed E-state index contributed by atoms with van der Waals surface area (Å²) >= 11 is 0. The van der Waals surface area contributed by atoms with Crippen molar-refractivity contribution >= 4 is 34.4 Å². The molecule has 1 aliphatic rings. The van der Waals surface area contributed by atoms with Crippen molar-refractivity contribution in [3.05, 3.63) is 65.2 Å². The molecule has 0 bridgehead atoms. The van der Waals surface area contributed by atoms with Crippen molar-refractivity contribution in [2.24, 2.45) is 5.73 Å². The highest BCUT2D eigenvalue weighted by molar-refractivity contribution is 6.10. The highest BCUT2D eigenvalue weighted by Gasteiger charge is 2.28. The van der Waals surface area contributed by atoms with Gasteiger partial charge in [0.15, 0.2) is 0 Å². The van der Waals surface area contributed by atoms with Crippen molar-refractivity contribution in [2.75, 3.05) is 0 Å². The molecule has 0 radical (unpaired) electrons. The highest BCUT2D eigenvalue weighted by atomic mass is 16.3. The van der Waals surface area contributed by atoms with E-state index in [1.807, 2.05) is 42.5 Å². The van der Waals surface area contributed by atoms with Crippen LogP contribution in [-0.4, -0.2) is 22.8 Å². The molecule has 2 amide bonds. The van der Waals surface area contributed by atoms with E-state index in [4.69, 9.17) is 15.1 Å². The van der Waals surface area contributed by atoms with Crippen molar-refractivity contribution in [1.29, 1.82) is 0 Å². The fraction of sp³-hybridized carbons (Fsp3) is 0.190. The lowest BCUT2D eigenvalue weighted by atomic mass is 10.00. The van der Waals surface area contributed by atoms with Crippen molar-refractivity contribution in [2.45, 2.75) is 25.8 Å². The Morgan fingerprint density at radius 1 is 1.22 bits per heavy atom. The predicted octanol–water partition coefficient (Wildman–Crippen LogP) is 2.92. The first-order valence-electron chi connectivity index (χ1n) is 8.81. The average Bonchev–Trinajstić information content (AvgIpc) is 3.30. The van der Waals surface area contributed by atoms with Crippen molar-refractivity contribution in [3.63, 3.8) is 0 Å². The van der Waals surface area contributed by atoms with Crippen molar-refractivity contribution in [1.82, 2.24) is 10.3 Å². The quantitative estimate of drug-likeness (QED) is 0.746. The van der Waals surface area contributed by atoms with Gasteiger partial charge < -0.3 is 15.5 Å². The molecule has 1 atom stereocenters. The summed E-state index contributed by atoms with van der Waals surface area (Å²) in [4.78, 5) is 29.1. The molecule has 2 heterocycles. The first kappa shape index (κ1) is 17.0. The Hall–Kier alpha value is -3.41. The first-order chi connectivity index (χ1) is 13.0. The lowest BCUT2D eigenvalue weighted by Crippen LogP contribution is -2.42. The zero-order chi connectivity index (χ0) is 19.0. The fourth-order valence-corrected chi connectivity index (χ4v) is 3.42. The minimum absolute atomic E-state index is 0.310. The smallest absolute Gasteiger partial charge is 0.252 e. The normalized spacial score (nSPS) is 15.7. The minimum atomic E-state index is -0.750. The molecule has 27 heavy (non-hydrogen) atoms. The molecule has 0 aliphatic heterocycles. The molecule has 0 fully saturated rings. The Labute approximate surface area is 156 Å². The number of allylic oxidation sites excluding steroid dienone is 1. The second-order valence-corrected chi connectivity index (χ2v) is 6.61. The topological polar surface area (TPSA) is 98.2 Å². The zero-order valence-corrected chi connectivity index (χ0v) is 14.9. The summed E-state index contributed by atoms with van der Waals surface area (Å²) in [6, 6.07) is 10.5. The molecular weight excluding hydrogens is 342 g/mol. The Kier molecular flexibility index (Phi) is 4.24. The summed E-state index contributed by atoms with van der Waals surface area (Å²) in [5.74, 6) is -0.131. The molecule has 2 aromatic heterocycles. The van der Waals surface area contributed by atoms with E-state index in [0.717, 1.165) is 39.9 Å². The number of nitrogens with two attached hydrogens (primary N) is 1. The predicted molar refractivity (Wildman–Crippen MR) is 103 cm³/mol. The van der Waals surface area contributed by atoms with E-state index in [-0.39, 0.29) is 5.91 Å². The average molecular weight is 361 g/mol. The lowest BCUT2D eigenvalue weighted by Gasteiger charge is -2.15. The molecule has 4 rings (SSSR count). The minimum Gasteiger partial charge on any atom is -0.465 e. The molecule has 0 spiro atoms. The number of hydrogen-bond donors (Lipinski definition) is 2. The number of aromatic nitrogens is 1. The third kappa shape index (κ3) is 3.10. The number of hydrogen-bond acceptors (Lipinski definition) is 4. The molecule has 1 aromatic carbocycles. The van der Waals surface area contributed by atoms with Gasteiger partial charge >= 0.3 is 0 Å². The summed E-state index contributed by atoms with van der Waals surface area (Å²) in [6.07, 6.45) is 5.06. The molecule has 0 saturated carbocycles. The Bertz CT molecular complexity index is 1070. The maximum absolute atomic E-state index is 13.0. The number of carbonyl (C=O) groups excluding carboxylic acids is 2. The van der Waals surface area contributed by atoms with Gasteiger partial charge in [0.1, 0.15) is 11.8 Å². The van der Waals surface area contributed by atoms with Gasteiger partial charge in [0.25, 0.3) is 5.91 Å². The number of nitrogens with one attached hydrogen (secondary N) is 1. The molecule has 0 saturated heterocycles. The van der Waals surface area contributed by atoms with Crippen LogP contribution in [-0.2, 0) is 11.2 Å². The van der Waals surface area contributed by atoms with Gasteiger partial charge in [0.05, 0.1) is 23.0 Å². The first-order valence-corrected chi connectivity index (χ1v) is 8.81. The van der Waals surface area contributed by atoms with E-state index in [2.05, 4.69) is 5.32 Å². The maximum atomic E-state index is 13.0. The maximum Gasteiger partial charge on any atom is 0.252 e. The van der Waals surface area contributed by atoms with Gasteiger partial charge in [-0.1, -0.05) is 18.2 Å². The SMILES string of the molecule is CC(NC(=O)c1c2c(nc3ccccc13)C(=Cc1ccco1)CC2)C(N)=O. The summed E-state index contributed by atoms with van der Waals surface area (Å²) in [7, 11) is 0. The van der Waals surface area contributed by atoms with E-state index < -0.39 is 11.9 Å². The summed E-state index contributed by atoms with van der Waals surface area (Å²) < 4.78 is 5.42. The number of rotatable bonds is 4. The summed E-state index contributed by atoms with van der Waals surface area (Å²) in [5.41, 5.74) is 9.33. The van der Waals surface area contributed by atoms with Gasteiger partial charge in [-0.25, -0.2) is 4.98 Å². The van der Waals surface area contributed by atoms with Crippen LogP contribution in [0.15, 0.2) is 47.1 Å². The zero-order valence-electron chi connectivity index (χ0n) is 14.9. The van der Waals surface area contributed by atoms with Gasteiger partial charge in [-0.05, 0) is 55.2 Å². The molecule has 3 N–H and O–H groups in total. The van der Waals surface area contributed by atoms with Crippen LogP contribution in [0.25, 0.3) is 22.6 Å². The van der Waals surface area contributed by atoms with E-state index >= 15 is 0 Å². The Balaban J connectivity index is 1.86. The monoisotopic (exact) mass is 361 g/mol. The van der Waals surface area contributed by atoms with Crippen LogP contribution in [0.3, 0.4) is 0 Å². The Morgan fingerprint density at radius 3 is 2.78 bits per heavy atom. The number of amides is 2. The third-order valence-corrected chi connectivity index (χ3v) is 4.80. The van der Waals surface area contributed by atoms with Crippen LogP contribution < -0.4 is 11.1 Å². The van der Waals surface area contributed by atoms with Crippen LogP contribution in [0.4, 0.5) is 0 Å². The van der Waals surface area contributed by atoms with Crippen LogP contribution in [0.1, 0.15) is 40.7 Å². The number of carbonyl (C=O) groups is 2. The third-order valence-electron chi connectivity index (χ3n) is 4.80. The summed E-state index contributed by atoms with van der Waals surface area (Å²) in [5, 5.41) is 3.47. The second-order valence-electron chi connectivity index (χ2n) is 6.61. The van der Waals surface area contributed by atoms with Gasteiger partial charge in [0.2, 0.25) is 5.91 Å². The number of furan rings is 1. The highest BCUT2D eigenvalue weighted by Crippen LogP contribution is 2.37. The number of primary amides is 1. The van der Waals surface area contributed by atoms with E-state index in [9.17, 15) is 9.59 Å². The molecule has 1 aliphatic carbocycles. The molecule has 6 nitrogen and oxygen atoms in total. The number of pyridine rings is 1. The number of fused-ring (bicyclic) bond motifs is 2. The number of benzene rings is 1.